The van der Waals surface area contributed by atoms with Gasteiger partial charge in [0.25, 0.3) is 11.8 Å². The first kappa shape index (κ1) is 44.7. The lowest BCUT2D eigenvalue weighted by molar-refractivity contribution is -0.143. The molecule has 1 aliphatic heterocycles. The zero-order chi connectivity index (χ0) is 43.2. The molecule has 0 spiro atoms. The molecule has 5 atom stereocenters. The van der Waals surface area contributed by atoms with Gasteiger partial charge < -0.3 is 41.7 Å². The molecule has 1 heterocycles. The minimum Gasteiger partial charge on any atom is -0.478 e. The van der Waals surface area contributed by atoms with Gasteiger partial charge in [0, 0.05) is 13.0 Å². The number of nitrogens with one attached hydrogen (secondary N) is 4. The third-order valence-electron chi connectivity index (χ3n) is 10.8. The molecule has 3 aromatic carbocycles. The van der Waals surface area contributed by atoms with Crippen molar-refractivity contribution in [2.24, 2.45) is 11.7 Å². The number of carboxylic acid groups (broad SMARTS) is 1. The van der Waals surface area contributed by atoms with E-state index >= 15 is 0 Å². The number of carbonyl (C=O) groups is 8. The van der Waals surface area contributed by atoms with Crippen LogP contribution in [0.5, 0.6) is 0 Å². The molecule has 3 unspecified atom stereocenters. The van der Waals surface area contributed by atoms with Crippen LogP contribution in [0.25, 0.3) is 0 Å². The lowest BCUT2D eigenvalue weighted by Crippen LogP contribution is -2.58. The number of hydrogen-bond acceptors (Lipinski definition) is 9. The van der Waals surface area contributed by atoms with E-state index in [1.165, 1.54) is 29.2 Å². The largest absolute Gasteiger partial charge is 0.478 e. The number of amides is 6. The summed E-state index contributed by atoms with van der Waals surface area (Å²) in [5.74, 6) is -7.41. The molecule has 5 rings (SSSR count). The third-order valence-corrected chi connectivity index (χ3v) is 10.8. The van der Waals surface area contributed by atoms with Gasteiger partial charge in [-0.2, -0.15) is 0 Å². The van der Waals surface area contributed by atoms with Gasteiger partial charge in [0.2, 0.25) is 29.4 Å². The maximum absolute atomic E-state index is 14.7. The number of hydrogen-bond donors (Lipinski definition) is 6. The van der Waals surface area contributed by atoms with Gasteiger partial charge in [-0.15, -0.1) is 0 Å². The van der Waals surface area contributed by atoms with Crippen LogP contribution < -0.4 is 27.0 Å². The van der Waals surface area contributed by atoms with Gasteiger partial charge in [-0.05, 0) is 48.4 Å². The Morgan fingerprint density at radius 1 is 0.817 bits per heavy atom. The summed E-state index contributed by atoms with van der Waals surface area (Å²) < 4.78 is 6.21. The standard InChI is InChI=1S/C44H52N6O10/c1-2-14-33(38(52)42(56)46-24-35(51)48-36(39(45)53)28-17-8-4-9-18-28)47-41(55)34-23-30(60-26-27-15-6-3-7-16-27)25-50(34)43(57)37(29-19-10-5-11-20-29)49-40(54)31-21-12-13-22-32(31)44(58)59/h3-4,6-9,12-13,15-18,21-22,29-30,33-34,36-37H,2,5,10-11,14,19-20,23-26H2,1H3,(H2,45,53)(H,46,56)(H,47,55)(H,48,51)(H,49,54)(H,58,59)/t30-,33?,34+,36?,37?/m1/s1. The van der Waals surface area contributed by atoms with E-state index in [9.17, 15) is 43.5 Å². The van der Waals surface area contributed by atoms with Gasteiger partial charge in [0.1, 0.15) is 18.1 Å². The van der Waals surface area contributed by atoms with Crippen molar-refractivity contribution in [3.8, 4) is 0 Å². The molecule has 2 fully saturated rings. The quantitative estimate of drug-likeness (QED) is 0.0966. The van der Waals surface area contributed by atoms with Gasteiger partial charge in [-0.3, -0.25) is 33.6 Å². The van der Waals surface area contributed by atoms with Crippen molar-refractivity contribution in [3.05, 3.63) is 107 Å². The second-order valence-electron chi connectivity index (χ2n) is 15.1. The molecule has 0 radical (unpaired) electrons. The van der Waals surface area contributed by atoms with Crippen molar-refractivity contribution < 1.29 is 48.2 Å². The van der Waals surface area contributed by atoms with Crippen LogP contribution in [0.1, 0.15) is 96.2 Å². The Kier molecular flexibility index (Phi) is 16.0. The molecule has 1 saturated heterocycles. The van der Waals surface area contributed by atoms with Crippen LogP contribution >= 0.6 is 0 Å². The summed E-state index contributed by atoms with van der Waals surface area (Å²) in [6.07, 6.45) is 3.66. The molecule has 2 aliphatic rings. The van der Waals surface area contributed by atoms with Gasteiger partial charge in [0.05, 0.1) is 36.4 Å². The number of ketones is 1. The summed E-state index contributed by atoms with van der Waals surface area (Å²) in [7, 11) is 0. The van der Waals surface area contributed by atoms with Crippen LogP contribution in [-0.2, 0) is 40.1 Å². The van der Waals surface area contributed by atoms with Crippen molar-refractivity contribution >= 4 is 47.2 Å². The summed E-state index contributed by atoms with van der Waals surface area (Å²) in [6, 6.07) is 18.5. The summed E-state index contributed by atoms with van der Waals surface area (Å²) in [6.45, 7) is 1.26. The predicted molar refractivity (Wildman–Crippen MR) is 218 cm³/mol. The van der Waals surface area contributed by atoms with Gasteiger partial charge >= 0.3 is 5.97 Å². The lowest BCUT2D eigenvalue weighted by atomic mass is 9.83. The molecule has 16 nitrogen and oxygen atoms in total. The maximum atomic E-state index is 14.7. The van der Waals surface area contributed by atoms with Crippen LogP contribution in [0, 0.1) is 5.92 Å². The number of nitrogens with two attached hydrogens (primary N) is 1. The van der Waals surface area contributed by atoms with E-state index in [0.29, 0.717) is 24.8 Å². The number of ether oxygens (including phenoxy) is 1. The first-order valence-corrected chi connectivity index (χ1v) is 20.2. The number of aromatic carboxylic acids is 1. The summed E-state index contributed by atoms with van der Waals surface area (Å²) in [5.41, 5.74) is 6.44. The number of rotatable bonds is 19. The number of carboxylic acids is 1. The van der Waals surface area contributed by atoms with E-state index in [2.05, 4.69) is 21.3 Å². The van der Waals surface area contributed by atoms with Gasteiger partial charge in [-0.25, -0.2) is 4.79 Å². The van der Waals surface area contributed by atoms with Crippen LogP contribution in [-0.4, -0.2) is 94.5 Å². The summed E-state index contributed by atoms with van der Waals surface area (Å²) in [5, 5.41) is 20.0. The molecule has 0 bridgehead atoms. The first-order chi connectivity index (χ1) is 28.9. The molecule has 16 heteroatoms. The monoisotopic (exact) mass is 824 g/mol. The number of likely N-dealkylation sites (tertiary alicyclic amines) is 1. The third kappa shape index (κ3) is 11.8. The molecule has 318 valence electrons. The Bertz CT molecular complexity index is 2020. The Morgan fingerprint density at radius 3 is 2.08 bits per heavy atom. The fourth-order valence-corrected chi connectivity index (χ4v) is 7.72. The highest BCUT2D eigenvalue weighted by atomic mass is 16.5. The molecule has 60 heavy (non-hydrogen) atoms. The zero-order valence-electron chi connectivity index (χ0n) is 33.5. The number of Topliss-reactive ketones (excluding diaryl/α,β-unsaturated/α-hetero) is 1. The zero-order valence-corrected chi connectivity index (χ0v) is 33.5. The predicted octanol–water partition coefficient (Wildman–Crippen LogP) is 2.56. The van der Waals surface area contributed by atoms with Crippen LogP contribution in [0.3, 0.4) is 0 Å². The van der Waals surface area contributed by atoms with Crippen LogP contribution in [0.2, 0.25) is 0 Å². The topological polar surface area (TPSA) is 243 Å². The highest BCUT2D eigenvalue weighted by Gasteiger charge is 2.45. The molecular formula is C44H52N6O10. The number of nitrogens with zero attached hydrogens (tertiary/aromatic N) is 1. The molecule has 0 aromatic heterocycles. The van der Waals surface area contributed by atoms with Crippen molar-refractivity contribution in [2.45, 2.75) is 95.2 Å². The molecular weight excluding hydrogens is 773 g/mol. The van der Waals surface area contributed by atoms with Crippen molar-refractivity contribution in [1.29, 1.82) is 0 Å². The summed E-state index contributed by atoms with van der Waals surface area (Å²) >= 11 is 0. The van der Waals surface area contributed by atoms with Gasteiger partial charge in [-0.1, -0.05) is 105 Å². The Balaban J connectivity index is 1.33. The van der Waals surface area contributed by atoms with Crippen molar-refractivity contribution in [3.63, 3.8) is 0 Å². The van der Waals surface area contributed by atoms with E-state index < -0.39 is 84.0 Å². The Hall–Kier alpha value is -6.42. The van der Waals surface area contributed by atoms with E-state index in [4.69, 9.17) is 10.5 Å². The Morgan fingerprint density at radius 2 is 1.45 bits per heavy atom. The van der Waals surface area contributed by atoms with E-state index in [-0.39, 0.29) is 43.0 Å². The second kappa shape index (κ2) is 21.5. The lowest BCUT2D eigenvalue weighted by Gasteiger charge is -2.35. The molecule has 7 N–H and O–H groups in total. The van der Waals surface area contributed by atoms with Crippen LogP contribution in [0.15, 0.2) is 84.9 Å². The van der Waals surface area contributed by atoms with E-state index in [1.54, 1.807) is 37.3 Å². The number of carbonyl (C=O) groups excluding carboxylic acids is 7. The number of benzene rings is 3. The minimum absolute atomic E-state index is 0.0220. The smallest absolute Gasteiger partial charge is 0.336 e. The molecule has 3 aromatic rings. The highest BCUT2D eigenvalue weighted by molar-refractivity contribution is 6.38. The van der Waals surface area contributed by atoms with Crippen molar-refractivity contribution in [2.75, 3.05) is 13.1 Å². The van der Waals surface area contributed by atoms with E-state index in [0.717, 1.165) is 24.8 Å². The first-order valence-electron chi connectivity index (χ1n) is 20.2. The summed E-state index contributed by atoms with van der Waals surface area (Å²) in [4.78, 5) is 107. The highest BCUT2D eigenvalue weighted by Crippen LogP contribution is 2.31. The molecule has 1 saturated carbocycles. The van der Waals surface area contributed by atoms with Crippen LogP contribution in [0.4, 0.5) is 0 Å². The molecule has 1 aliphatic carbocycles. The number of primary amides is 1. The van der Waals surface area contributed by atoms with E-state index in [1.807, 2.05) is 30.3 Å². The molecule has 6 amide bonds. The second-order valence-corrected chi connectivity index (χ2v) is 15.1. The average Bonchev–Trinajstić information content (AvgIpc) is 3.70. The minimum atomic E-state index is -1.32. The van der Waals surface area contributed by atoms with Crippen molar-refractivity contribution in [1.82, 2.24) is 26.2 Å². The maximum Gasteiger partial charge on any atom is 0.336 e. The average molecular weight is 825 g/mol. The SMILES string of the molecule is CCCC(NC(=O)[C@@H]1C[C@@H](OCc2ccccc2)CN1C(=O)C(NC(=O)c1ccccc1C(=O)O)C1CCCCC1)C(=O)C(=O)NCC(=O)NC(C(N)=O)c1ccccc1. The van der Waals surface area contributed by atoms with Gasteiger partial charge in [0.15, 0.2) is 0 Å². The fourth-order valence-electron chi connectivity index (χ4n) is 7.72. The normalized spacial score (nSPS) is 18.0. The Labute approximate surface area is 348 Å². The fraction of sp³-hybridized carbons (Fsp3) is 0.409.